The number of rotatable bonds is 5. The van der Waals surface area contributed by atoms with Gasteiger partial charge in [-0.05, 0) is 18.7 Å². The van der Waals surface area contributed by atoms with E-state index >= 15 is 0 Å². The Labute approximate surface area is 104 Å². The summed E-state index contributed by atoms with van der Waals surface area (Å²) >= 11 is 5.76. The van der Waals surface area contributed by atoms with Gasteiger partial charge in [-0.25, -0.2) is 4.79 Å². The first kappa shape index (κ1) is 13.5. The Hall–Kier alpha value is -1.59. The predicted octanol–water partition coefficient (Wildman–Crippen LogP) is 1.59. The SMILES string of the molecule is CCNCC(=O)Nc1cccc(Cl)c1C(=O)O. The number of benzene rings is 1. The standard InChI is InChI=1S/C11H13ClN2O3/c1-2-13-6-9(15)14-8-5-3-4-7(12)10(8)11(16)17/h3-5,13H,2,6H2,1H3,(H,14,15)(H,16,17). The number of amides is 1. The molecule has 0 aromatic heterocycles. The zero-order valence-electron chi connectivity index (χ0n) is 9.29. The molecule has 0 saturated heterocycles. The minimum Gasteiger partial charge on any atom is -0.478 e. The molecule has 1 aromatic carbocycles. The third-order valence-electron chi connectivity index (χ3n) is 2.04. The molecule has 0 aliphatic rings. The van der Waals surface area contributed by atoms with Crippen LogP contribution in [0.2, 0.25) is 5.02 Å². The molecule has 0 fully saturated rings. The zero-order chi connectivity index (χ0) is 12.8. The average molecular weight is 257 g/mol. The van der Waals surface area contributed by atoms with E-state index in [1.54, 1.807) is 6.07 Å². The van der Waals surface area contributed by atoms with Crippen molar-refractivity contribution in [3.63, 3.8) is 0 Å². The van der Waals surface area contributed by atoms with Crippen LogP contribution in [0.5, 0.6) is 0 Å². The summed E-state index contributed by atoms with van der Waals surface area (Å²) < 4.78 is 0. The van der Waals surface area contributed by atoms with E-state index in [1.807, 2.05) is 6.92 Å². The van der Waals surface area contributed by atoms with Gasteiger partial charge in [0, 0.05) is 0 Å². The molecule has 0 bridgehead atoms. The molecule has 92 valence electrons. The van der Waals surface area contributed by atoms with Gasteiger partial charge < -0.3 is 15.7 Å². The second kappa shape index (κ2) is 6.22. The van der Waals surface area contributed by atoms with Gasteiger partial charge in [0.2, 0.25) is 5.91 Å². The summed E-state index contributed by atoms with van der Waals surface area (Å²) in [6, 6.07) is 4.54. The summed E-state index contributed by atoms with van der Waals surface area (Å²) in [4.78, 5) is 22.4. The molecule has 0 heterocycles. The summed E-state index contributed by atoms with van der Waals surface area (Å²) in [6.45, 7) is 2.66. The zero-order valence-corrected chi connectivity index (χ0v) is 10.0. The van der Waals surface area contributed by atoms with E-state index in [0.29, 0.717) is 6.54 Å². The maximum Gasteiger partial charge on any atom is 0.339 e. The number of carbonyl (C=O) groups excluding carboxylic acids is 1. The van der Waals surface area contributed by atoms with Crippen molar-refractivity contribution in [1.82, 2.24) is 5.32 Å². The van der Waals surface area contributed by atoms with Crippen molar-refractivity contribution in [2.75, 3.05) is 18.4 Å². The quantitative estimate of drug-likeness (QED) is 0.748. The molecule has 0 saturated carbocycles. The number of anilines is 1. The summed E-state index contributed by atoms with van der Waals surface area (Å²) in [5, 5.41) is 14.4. The second-order valence-corrected chi connectivity index (χ2v) is 3.70. The van der Waals surface area contributed by atoms with E-state index in [0.717, 1.165) is 0 Å². The summed E-state index contributed by atoms with van der Waals surface area (Å²) in [5.74, 6) is -1.48. The van der Waals surface area contributed by atoms with E-state index in [4.69, 9.17) is 16.7 Å². The Morgan fingerprint density at radius 2 is 2.12 bits per heavy atom. The molecule has 1 aromatic rings. The lowest BCUT2D eigenvalue weighted by atomic mass is 10.2. The molecule has 0 spiro atoms. The van der Waals surface area contributed by atoms with Gasteiger partial charge in [-0.1, -0.05) is 24.6 Å². The molecule has 0 aliphatic heterocycles. The highest BCUT2D eigenvalue weighted by atomic mass is 35.5. The van der Waals surface area contributed by atoms with Crippen molar-refractivity contribution in [1.29, 1.82) is 0 Å². The van der Waals surface area contributed by atoms with Crippen LogP contribution in [-0.4, -0.2) is 30.1 Å². The fourth-order valence-corrected chi connectivity index (χ4v) is 1.53. The molecule has 0 radical (unpaired) electrons. The van der Waals surface area contributed by atoms with E-state index < -0.39 is 5.97 Å². The third-order valence-corrected chi connectivity index (χ3v) is 2.35. The highest BCUT2D eigenvalue weighted by Crippen LogP contribution is 2.24. The van der Waals surface area contributed by atoms with E-state index in [1.165, 1.54) is 12.1 Å². The highest BCUT2D eigenvalue weighted by molar-refractivity contribution is 6.34. The van der Waals surface area contributed by atoms with Crippen LogP contribution in [0.1, 0.15) is 17.3 Å². The summed E-state index contributed by atoms with van der Waals surface area (Å²) in [6.07, 6.45) is 0. The lowest BCUT2D eigenvalue weighted by Crippen LogP contribution is -2.28. The first-order valence-corrected chi connectivity index (χ1v) is 5.46. The van der Waals surface area contributed by atoms with Crippen LogP contribution in [0, 0.1) is 0 Å². The number of carboxylic acids is 1. The normalized spacial score (nSPS) is 10.0. The molecule has 17 heavy (non-hydrogen) atoms. The first-order valence-electron chi connectivity index (χ1n) is 5.08. The summed E-state index contributed by atoms with van der Waals surface area (Å²) in [7, 11) is 0. The highest BCUT2D eigenvalue weighted by Gasteiger charge is 2.15. The van der Waals surface area contributed by atoms with Crippen LogP contribution in [0.25, 0.3) is 0 Å². The smallest absolute Gasteiger partial charge is 0.339 e. The molecule has 5 nitrogen and oxygen atoms in total. The minimum atomic E-state index is -1.17. The predicted molar refractivity (Wildman–Crippen MR) is 65.6 cm³/mol. The van der Waals surface area contributed by atoms with Gasteiger partial charge >= 0.3 is 5.97 Å². The Morgan fingerprint density at radius 3 is 2.71 bits per heavy atom. The van der Waals surface area contributed by atoms with Crippen molar-refractivity contribution in [2.24, 2.45) is 0 Å². The third kappa shape index (κ3) is 3.72. The minimum absolute atomic E-state index is 0.0961. The van der Waals surface area contributed by atoms with Crippen LogP contribution in [0.15, 0.2) is 18.2 Å². The number of hydrogen-bond donors (Lipinski definition) is 3. The van der Waals surface area contributed by atoms with Crippen molar-refractivity contribution < 1.29 is 14.7 Å². The van der Waals surface area contributed by atoms with E-state index in [9.17, 15) is 9.59 Å². The molecule has 0 atom stereocenters. The lowest BCUT2D eigenvalue weighted by molar-refractivity contribution is -0.115. The van der Waals surface area contributed by atoms with Gasteiger partial charge in [-0.2, -0.15) is 0 Å². The van der Waals surface area contributed by atoms with Gasteiger partial charge in [0.15, 0.2) is 0 Å². The number of halogens is 1. The number of carboxylic acid groups (broad SMARTS) is 1. The van der Waals surface area contributed by atoms with Crippen molar-refractivity contribution in [3.8, 4) is 0 Å². The molecular formula is C11H13ClN2O3. The number of nitrogens with one attached hydrogen (secondary N) is 2. The van der Waals surface area contributed by atoms with Crippen molar-refractivity contribution in [2.45, 2.75) is 6.92 Å². The molecule has 0 unspecified atom stereocenters. The fraction of sp³-hybridized carbons (Fsp3) is 0.273. The van der Waals surface area contributed by atoms with E-state index in [-0.39, 0.29) is 28.7 Å². The van der Waals surface area contributed by atoms with Gasteiger partial charge in [-0.15, -0.1) is 0 Å². The second-order valence-electron chi connectivity index (χ2n) is 3.30. The Bertz CT molecular complexity index is 435. The van der Waals surface area contributed by atoms with Gasteiger partial charge in [0.1, 0.15) is 5.56 Å². The van der Waals surface area contributed by atoms with Crippen LogP contribution >= 0.6 is 11.6 Å². The Balaban J connectivity index is 2.87. The average Bonchev–Trinajstić information content (AvgIpc) is 2.25. The molecule has 1 rings (SSSR count). The number of hydrogen-bond acceptors (Lipinski definition) is 3. The fourth-order valence-electron chi connectivity index (χ4n) is 1.28. The molecule has 0 aliphatic carbocycles. The van der Waals surface area contributed by atoms with Crippen LogP contribution < -0.4 is 10.6 Å². The van der Waals surface area contributed by atoms with Crippen LogP contribution in [0.4, 0.5) is 5.69 Å². The number of aromatic carboxylic acids is 1. The van der Waals surface area contributed by atoms with Gasteiger partial charge in [-0.3, -0.25) is 4.79 Å². The number of likely N-dealkylation sites (N-methyl/N-ethyl adjacent to an activating group) is 1. The van der Waals surface area contributed by atoms with Crippen molar-refractivity contribution in [3.05, 3.63) is 28.8 Å². The molecule has 6 heteroatoms. The van der Waals surface area contributed by atoms with Crippen LogP contribution in [0.3, 0.4) is 0 Å². The molecule has 3 N–H and O–H groups in total. The largest absolute Gasteiger partial charge is 0.478 e. The maximum absolute atomic E-state index is 11.4. The Morgan fingerprint density at radius 1 is 1.41 bits per heavy atom. The topological polar surface area (TPSA) is 78.4 Å². The molecule has 1 amide bonds. The summed E-state index contributed by atoms with van der Waals surface area (Å²) in [5.41, 5.74) is 0.104. The lowest BCUT2D eigenvalue weighted by Gasteiger charge is -2.09. The Kier molecular flexibility index (Phi) is 4.93. The van der Waals surface area contributed by atoms with Crippen LogP contribution in [-0.2, 0) is 4.79 Å². The van der Waals surface area contributed by atoms with Crippen molar-refractivity contribution >= 4 is 29.2 Å². The van der Waals surface area contributed by atoms with Gasteiger partial charge in [0.25, 0.3) is 0 Å². The first-order chi connectivity index (χ1) is 8.06. The van der Waals surface area contributed by atoms with Gasteiger partial charge in [0.05, 0.1) is 17.3 Å². The van der Waals surface area contributed by atoms with E-state index in [2.05, 4.69) is 10.6 Å². The monoisotopic (exact) mass is 256 g/mol. The molecular weight excluding hydrogens is 244 g/mol. The number of carbonyl (C=O) groups is 2. The maximum atomic E-state index is 11.4.